The number of amidine groups is 1. The van der Waals surface area contributed by atoms with Gasteiger partial charge in [0.1, 0.15) is 11.0 Å². The standard InChI is InChI=1S/C20H20ClN3O3S/c1-3-24-19(26)17(28-20(24)23-14-7-4-6-13(21)10-14)12-18(25)22-15-8-5-9-16(11-15)27-2/h4-11,17H,3,12H2,1-2H3,(H,22,25). The Balaban J connectivity index is 1.70. The highest BCUT2D eigenvalue weighted by atomic mass is 35.5. The third-order valence-electron chi connectivity index (χ3n) is 4.09. The molecule has 146 valence electrons. The lowest BCUT2D eigenvalue weighted by molar-refractivity contribution is -0.128. The lowest BCUT2D eigenvalue weighted by Crippen LogP contribution is -2.33. The van der Waals surface area contributed by atoms with Crippen LogP contribution in [0.2, 0.25) is 5.02 Å². The van der Waals surface area contributed by atoms with E-state index >= 15 is 0 Å². The molecular formula is C20H20ClN3O3S. The number of carbonyl (C=O) groups excluding carboxylic acids is 2. The molecule has 6 nitrogen and oxygen atoms in total. The number of ether oxygens (including phenoxy) is 1. The molecule has 28 heavy (non-hydrogen) atoms. The number of nitrogens with zero attached hydrogens (tertiary/aromatic N) is 2. The Morgan fingerprint density at radius 3 is 2.79 bits per heavy atom. The van der Waals surface area contributed by atoms with Crippen molar-refractivity contribution in [2.75, 3.05) is 19.0 Å². The Hall–Kier alpha value is -2.51. The summed E-state index contributed by atoms with van der Waals surface area (Å²) in [7, 11) is 1.56. The highest BCUT2D eigenvalue weighted by Gasteiger charge is 2.38. The van der Waals surface area contributed by atoms with E-state index in [9.17, 15) is 9.59 Å². The second-order valence-corrected chi connectivity index (χ2v) is 7.65. The molecular weight excluding hydrogens is 398 g/mol. The molecule has 0 saturated carbocycles. The van der Waals surface area contributed by atoms with Gasteiger partial charge in [-0.25, -0.2) is 4.99 Å². The molecule has 2 amide bonds. The SMILES string of the molecule is CCN1C(=O)C(CC(=O)Nc2cccc(OC)c2)SC1=Nc1cccc(Cl)c1. The predicted octanol–water partition coefficient (Wildman–Crippen LogP) is 4.33. The van der Waals surface area contributed by atoms with E-state index in [2.05, 4.69) is 10.3 Å². The zero-order valence-electron chi connectivity index (χ0n) is 15.5. The lowest BCUT2D eigenvalue weighted by atomic mass is 10.2. The Morgan fingerprint density at radius 2 is 2.07 bits per heavy atom. The van der Waals surface area contributed by atoms with E-state index < -0.39 is 5.25 Å². The molecule has 8 heteroatoms. The monoisotopic (exact) mass is 417 g/mol. The molecule has 1 heterocycles. The Kier molecular flexibility index (Phi) is 6.59. The third-order valence-corrected chi connectivity index (χ3v) is 5.50. The van der Waals surface area contributed by atoms with E-state index in [-0.39, 0.29) is 18.2 Å². The van der Waals surface area contributed by atoms with E-state index in [1.807, 2.05) is 13.0 Å². The van der Waals surface area contributed by atoms with Gasteiger partial charge in [-0.1, -0.05) is 35.5 Å². The van der Waals surface area contributed by atoms with Crippen molar-refractivity contribution in [2.24, 2.45) is 4.99 Å². The molecule has 2 aromatic rings. The van der Waals surface area contributed by atoms with Crippen LogP contribution in [0.1, 0.15) is 13.3 Å². The van der Waals surface area contributed by atoms with Crippen LogP contribution in [-0.4, -0.2) is 40.8 Å². The minimum Gasteiger partial charge on any atom is -0.497 e. The maximum atomic E-state index is 12.7. The normalized spacial score (nSPS) is 17.8. The number of nitrogens with one attached hydrogen (secondary N) is 1. The fourth-order valence-electron chi connectivity index (χ4n) is 2.75. The topological polar surface area (TPSA) is 71.0 Å². The number of benzene rings is 2. The van der Waals surface area contributed by atoms with Crippen LogP contribution < -0.4 is 10.1 Å². The van der Waals surface area contributed by atoms with Crippen LogP contribution in [0.5, 0.6) is 5.75 Å². The summed E-state index contributed by atoms with van der Waals surface area (Å²) in [5, 5.41) is 3.45. The smallest absolute Gasteiger partial charge is 0.242 e. The highest BCUT2D eigenvalue weighted by molar-refractivity contribution is 8.15. The second-order valence-electron chi connectivity index (χ2n) is 6.05. The quantitative estimate of drug-likeness (QED) is 0.759. The fourth-order valence-corrected chi connectivity index (χ4v) is 4.16. The average molecular weight is 418 g/mol. The van der Waals surface area contributed by atoms with Gasteiger partial charge < -0.3 is 10.1 Å². The predicted molar refractivity (Wildman–Crippen MR) is 114 cm³/mol. The molecule has 1 fully saturated rings. The van der Waals surface area contributed by atoms with Gasteiger partial charge in [-0.2, -0.15) is 0 Å². The average Bonchev–Trinajstić information content (AvgIpc) is 2.96. The zero-order chi connectivity index (χ0) is 20.1. The van der Waals surface area contributed by atoms with E-state index in [0.29, 0.717) is 33.9 Å². The first-order valence-electron chi connectivity index (χ1n) is 8.76. The summed E-state index contributed by atoms with van der Waals surface area (Å²) in [6.45, 7) is 2.36. The zero-order valence-corrected chi connectivity index (χ0v) is 17.1. The number of halogens is 1. The van der Waals surface area contributed by atoms with Crippen LogP contribution in [0.15, 0.2) is 53.5 Å². The van der Waals surface area contributed by atoms with Crippen molar-refractivity contribution in [1.29, 1.82) is 0 Å². The molecule has 0 radical (unpaired) electrons. The summed E-state index contributed by atoms with van der Waals surface area (Å²) in [5.74, 6) is 0.297. The van der Waals surface area contributed by atoms with Crippen molar-refractivity contribution in [3.8, 4) is 5.75 Å². The number of carbonyl (C=O) groups is 2. The number of anilines is 1. The summed E-state index contributed by atoms with van der Waals surface area (Å²) in [5.41, 5.74) is 1.29. The maximum Gasteiger partial charge on any atom is 0.242 e. The Morgan fingerprint density at radius 1 is 1.29 bits per heavy atom. The van der Waals surface area contributed by atoms with Crippen molar-refractivity contribution in [3.05, 3.63) is 53.6 Å². The van der Waals surface area contributed by atoms with Gasteiger partial charge in [-0.3, -0.25) is 14.5 Å². The van der Waals surface area contributed by atoms with Crippen molar-refractivity contribution in [1.82, 2.24) is 4.90 Å². The van der Waals surface area contributed by atoms with Crippen molar-refractivity contribution in [3.63, 3.8) is 0 Å². The number of thioether (sulfide) groups is 1. The summed E-state index contributed by atoms with van der Waals surface area (Å²) in [6, 6.07) is 14.2. The van der Waals surface area contributed by atoms with E-state index in [0.717, 1.165) is 0 Å². The number of amides is 2. The van der Waals surface area contributed by atoms with E-state index in [1.54, 1.807) is 54.5 Å². The van der Waals surface area contributed by atoms with E-state index in [4.69, 9.17) is 16.3 Å². The summed E-state index contributed by atoms with van der Waals surface area (Å²) in [4.78, 5) is 31.2. The number of rotatable bonds is 6. The molecule has 1 aliphatic rings. The molecule has 0 bridgehead atoms. The van der Waals surface area contributed by atoms with Crippen LogP contribution in [0.4, 0.5) is 11.4 Å². The van der Waals surface area contributed by atoms with Gasteiger partial charge in [-0.15, -0.1) is 0 Å². The molecule has 1 unspecified atom stereocenters. The maximum absolute atomic E-state index is 12.7. The van der Waals surface area contributed by atoms with Gasteiger partial charge >= 0.3 is 0 Å². The molecule has 3 rings (SSSR count). The molecule has 0 aliphatic carbocycles. The number of methoxy groups -OCH3 is 1. The summed E-state index contributed by atoms with van der Waals surface area (Å²) >= 11 is 7.30. The molecule has 1 atom stereocenters. The fraction of sp³-hybridized carbons (Fsp3) is 0.250. The molecule has 0 aromatic heterocycles. The van der Waals surface area contributed by atoms with Crippen LogP contribution in [0, 0.1) is 0 Å². The molecule has 1 aliphatic heterocycles. The van der Waals surface area contributed by atoms with Crippen molar-refractivity contribution < 1.29 is 14.3 Å². The third kappa shape index (κ3) is 4.85. The van der Waals surface area contributed by atoms with E-state index in [1.165, 1.54) is 11.8 Å². The van der Waals surface area contributed by atoms with Gasteiger partial charge in [0.15, 0.2) is 5.17 Å². The number of hydrogen-bond donors (Lipinski definition) is 1. The summed E-state index contributed by atoms with van der Waals surface area (Å²) in [6.07, 6.45) is 0.0613. The van der Waals surface area contributed by atoms with Crippen LogP contribution in [0.3, 0.4) is 0 Å². The number of hydrogen-bond acceptors (Lipinski definition) is 5. The van der Waals surface area contributed by atoms with Gasteiger partial charge in [-0.05, 0) is 37.3 Å². The first-order chi connectivity index (χ1) is 13.5. The Bertz CT molecular complexity index is 919. The van der Waals surface area contributed by atoms with Gasteiger partial charge in [0, 0.05) is 29.7 Å². The van der Waals surface area contributed by atoms with Crippen LogP contribution in [0.25, 0.3) is 0 Å². The largest absolute Gasteiger partial charge is 0.497 e. The van der Waals surface area contributed by atoms with Gasteiger partial charge in [0.25, 0.3) is 0 Å². The van der Waals surface area contributed by atoms with Crippen LogP contribution in [-0.2, 0) is 9.59 Å². The van der Waals surface area contributed by atoms with Crippen molar-refractivity contribution in [2.45, 2.75) is 18.6 Å². The highest BCUT2D eigenvalue weighted by Crippen LogP contribution is 2.32. The molecule has 1 saturated heterocycles. The lowest BCUT2D eigenvalue weighted by Gasteiger charge is -2.13. The number of aliphatic imine (C=N–C) groups is 1. The summed E-state index contributed by atoms with van der Waals surface area (Å²) < 4.78 is 5.15. The molecule has 2 aromatic carbocycles. The first-order valence-corrected chi connectivity index (χ1v) is 10.0. The first kappa shape index (κ1) is 20.2. The van der Waals surface area contributed by atoms with Gasteiger partial charge in [0.2, 0.25) is 11.8 Å². The molecule has 1 N–H and O–H groups in total. The van der Waals surface area contributed by atoms with Crippen molar-refractivity contribution >= 4 is 51.7 Å². The Labute approximate surface area is 172 Å². The minimum absolute atomic E-state index is 0.0613. The van der Waals surface area contributed by atoms with Gasteiger partial charge in [0.05, 0.1) is 12.8 Å². The molecule has 0 spiro atoms. The minimum atomic E-state index is -0.511. The van der Waals surface area contributed by atoms with Crippen LogP contribution >= 0.6 is 23.4 Å². The second kappa shape index (κ2) is 9.12.